The molecule has 0 aliphatic rings. The predicted octanol–water partition coefficient (Wildman–Crippen LogP) is 1.62. The maximum Gasteiger partial charge on any atom is 0.272 e. The van der Waals surface area contributed by atoms with Crippen molar-refractivity contribution in [2.45, 2.75) is 19.4 Å². The van der Waals surface area contributed by atoms with Crippen LogP contribution < -0.4 is 11.1 Å². The molecule has 106 valence electrons. The summed E-state index contributed by atoms with van der Waals surface area (Å²) in [6.45, 7) is 3.58. The SMILES string of the molecule is CC(C)(N)CNC(=O)c1ccc([N+](=O)[O-])cc1F.Cl. The number of carbonyl (C=O) groups is 1. The smallest absolute Gasteiger partial charge is 0.272 e. The first-order valence-corrected chi connectivity index (χ1v) is 5.22. The maximum atomic E-state index is 13.5. The molecule has 0 unspecified atom stereocenters. The summed E-state index contributed by atoms with van der Waals surface area (Å²) < 4.78 is 13.5. The van der Waals surface area contributed by atoms with E-state index in [1.54, 1.807) is 13.8 Å². The van der Waals surface area contributed by atoms with Crippen molar-refractivity contribution in [2.24, 2.45) is 5.73 Å². The summed E-state index contributed by atoms with van der Waals surface area (Å²) in [7, 11) is 0. The summed E-state index contributed by atoms with van der Waals surface area (Å²) in [5.41, 5.74) is 4.40. The van der Waals surface area contributed by atoms with E-state index in [4.69, 9.17) is 5.73 Å². The standard InChI is InChI=1S/C11H14FN3O3.ClH/c1-11(2,13)6-14-10(16)8-4-3-7(15(17)18)5-9(8)12;/h3-5H,6,13H2,1-2H3,(H,14,16);1H. The number of non-ortho nitro benzene ring substituents is 1. The fraction of sp³-hybridized carbons (Fsp3) is 0.364. The molecule has 0 spiro atoms. The maximum absolute atomic E-state index is 13.5. The average molecular weight is 292 g/mol. The number of halogens is 2. The van der Waals surface area contributed by atoms with Crippen LogP contribution in [0, 0.1) is 15.9 Å². The van der Waals surface area contributed by atoms with E-state index in [2.05, 4.69) is 5.32 Å². The molecule has 0 aliphatic carbocycles. The lowest BCUT2D eigenvalue weighted by atomic mass is 10.1. The van der Waals surface area contributed by atoms with Gasteiger partial charge in [0.05, 0.1) is 16.6 Å². The van der Waals surface area contributed by atoms with Crippen molar-refractivity contribution in [3.63, 3.8) is 0 Å². The van der Waals surface area contributed by atoms with Gasteiger partial charge in [-0.05, 0) is 19.9 Å². The van der Waals surface area contributed by atoms with Gasteiger partial charge in [-0.1, -0.05) is 0 Å². The Balaban J connectivity index is 0.00000324. The van der Waals surface area contributed by atoms with Crippen LogP contribution in [-0.2, 0) is 0 Å². The molecule has 3 N–H and O–H groups in total. The second-order valence-corrected chi connectivity index (χ2v) is 4.59. The molecule has 0 saturated carbocycles. The molecule has 0 radical (unpaired) electrons. The van der Waals surface area contributed by atoms with Crippen LogP contribution in [-0.4, -0.2) is 22.9 Å². The number of amides is 1. The minimum absolute atomic E-state index is 0. The molecule has 0 bridgehead atoms. The number of nitrogens with one attached hydrogen (secondary N) is 1. The van der Waals surface area contributed by atoms with Gasteiger partial charge in [0.1, 0.15) is 5.82 Å². The number of nitrogens with two attached hydrogens (primary N) is 1. The summed E-state index contributed by atoms with van der Waals surface area (Å²) >= 11 is 0. The minimum Gasteiger partial charge on any atom is -0.350 e. The van der Waals surface area contributed by atoms with E-state index in [-0.39, 0.29) is 24.5 Å². The summed E-state index contributed by atoms with van der Waals surface area (Å²) in [6, 6.07) is 2.86. The van der Waals surface area contributed by atoms with Crippen molar-refractivity contribution in [2.75, 3.05) is 6.54 Å². The van der Waals surface area contributed by atoms with E-state index in [0.717, 1.165) is 12.1 Å². The highest BCUT2D eigenvalue weighted by Gasteiger charge is 2.18. The number of benzene rings is 1. The zero-order valence-electron chi connectivity index (χ0n) is 10.5. The van der Waals surface area contributed by atoms with Crippen molar-refractivity contribution in [3.8, 4) is 0 Å². The molecule has 1 rings (SSSR count). The highest BCUT2D eigenvalue weighted by atomic mass is 35.5. The Morgan fingerprint density at radius 1 is 1.53 bits per heavy atom. The fourth-order valence-corrected chi connectivity index (χ4v) is 1.21. The van der Waals surface area contributed by atoms with Gasteiger partial charge in [0.15, 0.2) is 0 Å². The molecule has 8 heteroatoms. The summed E-state index contributed by atoms with van der Waals surface area (Å²) in [4.78, 5) is 21.3. The molecule has 0 fully saturated rings. The van der Waals surface area contributed by atoms with Gasteiger partial charge in [0.25, 0.3) is 11.6 Å². The van der Waals surface area contributed by atoms with Gasteiger partial charge < -0.3 is 11.1 Å². The van der Waals surface area contributed by atoms with Crippen LogP contribution in [0.5, 0.6) is 0 Å². The lowest BCUT2D eigenvalue weighted by Crippen LogP contribution is -2.45. The topological polar surface area (TPSA) is 98.3 Å². The first kappa shape index (κ1) is 17.3. The molecule has 1 aromatic rings. The quantitative estimate of drug-likeness (QED) is 0.650. The third kappa shape index (κ3) is 5.19. The van der Waals surface area contributed by atoms with Gasteiger partial charge >= 0.3 is 0 Å². The summed E-state index contributed by atoms with van der Waals surface area (Å²) in [5.74, 6) is -1.59. The van der Waals surface area contributed by atoms with Crippen molar-refractivity contribution < 1.29 is 14.1 Å². The van der Waals surface area contributed by atoms with Gasteiger partial charge in [-0.25, -0.2) is 4.39 Å². The van der Waals surface area contributed by atoms with E-state index in [1.165, 1.54) is 0 Å². The number of nitrogens with zero attached hydrogens (tertiary/aromatic N) is 1. The number of hydrogen-bond donors (Lipinski definition) is 2. The molecule has 1 aromatic carbocycles. The molecule has 1 amide bonds. The predicted molar refractivity (Wildman–Crippen MR) is 70.9 cm³/mol. The van der Waals surface area contributed by atoms with Gasteiger partial charge in [0.2, 0.25) is 0 Å². The first-order chi connectivity index (χ1) is 8.20. The van der Waals surface area contributed by atoms with Gasteiger partial charge in [-0.2, -0.15) is 0 Å². The Hall–Kier alpha value is -1.73. The Bertz CT molecular complexity index is 489. The van der Waals surface area contributed by atoms with E-state index in [9.17, 15) is 19.3 Å². The van der Waals surface area contributed by atoms with Crippen molar-refractivity contribution in [1.82, 2.24) is 5.32 Å². The largest absolute Gasteiger partial charge is 0.350 e. The molecule has 0 heterocycles. The van der Waals surface area contributed by atoms with E-state index in [1.807, 2.05) is 0 Å². The van der Waals surface area contributed by atoms with E-state index < -0.39 is 27.9 Å². The molecule has 6 nitrogen and oxygen atoms in total. The lowest BCUT2D eigenvalue weighted by Gasteiger charge is -2.18. The second kappa shape index (κ2) is 6.44. The molecular formula is C11H15ClFN3O3. The van der Waals surface area contributed by atoms with E-state index >= 15 is 0 Å². The monoisotopic (exact) mass is 291 g/mol. The fourth-order valence-electron chi connectivity index (χ4n) is 1.21. The molecule has 19 heavy (non-hydrogen) atoms. The molecule has 0 atom stereocenters. The molecule has 0 aliphatic heterocycles. The van der Waals surface area contributed by atoms with Crippen LogP contribution in [0.3, 0.4) is 0 Å². The number of rotatable bonds is 4. The van der Waals surface area contributed by atoms with Crippen molar-refractivity contribution in [1.29, 1.82) is 0 Å². The second-order valence-electron chi connectivity index (χ2n) is 4.59. The Morgan fingerprint density at radius 2 is 2.11 bits per heavy atom. The lowest BCUT2D eigenvalue weighted by molar-refractivity contribution is -0.385. The number of nitro groups is 1. The van der Waals surface area contributed by atoms with Crippen LogP contribution in [0.2, 0.25) is 0 Å². The van der Waals surface area contributed by atoms with Crippen LogP contribution in [0.15, 0.2) is 18.2 Å². The minimum atomic E-state index is -0.934. The third-order valence-electron chi connectivity index (χ3n) is 2.11. The highest BCUT2D eigenvalue weighted by Crippen LogP contribution is 2.16. The van der Waals surface area contributed by atoms with Crippen LogP contribution in [0.4, 0.5) is 10.1 Å². The van der Waals surface area contributed by atoms with Gasteiger partial charge in [-0.3, -0.25) is 14.9 Å². The summed E-state index contributed by atoms with van der Waals surface area (Å²) in [6.07, 6.45) is 0. The Kier molecular flexibility index (Phi) is 5.85. The van der Waals surface area contributed by atoms with Crippen molar-refractivity contribution >= 4 is 24.0 Å². The number of nitro benzene ring substituents is 1. The normalized spacial score (nSPS) is 10.5. The van der Waals surface area contributed by atoms with Gasteiger partial charge in [-0.15, -0.1) is 12.4 Å². The summed E-state index contributed by atoms with van der Waals surface area (Å²) in [5, 5.41) is 12.9. The average Bonchev–Trinajstić information content (AvgIpc) is 2.24. The Morgan fingerprint density at radius 3 is 2.53 bits per heavy atom. The van der Waals surface area contributed by atoms with Crippen LogP contribution >= 0.6 is 12.4 Å². The van der Waals surface area contributed by atoms with E-state index in [0.29, 0.717) is 6.07 Å². The van der Waals surface area contributed by atoms with Gasteiger partial charge in [0, 0.05) is 18.2 Å². The van der Waals surface area contributed by atoms with Crippen LogP contribution in [0.25, 0.3) is 0 Å². The van der Waals surface area contributed by atoms with Crippen molar-refractivity contribution in [3.05, 3.63) is 39.7 Å². The zero-order valence-corrected chi connectivity index (χ0v) is 11.3. The Labute approximate surface area is 115 Å². The number of carbonyl (C=O) groups excluding carboxylic acids is 1. The molecule has 0 saturated heterocycles. The molecular weight excluding hydrogens is 277 g/mol. The van der Waals surface area contributed by atoms with Crippen LogP contribution in [0.1, 0.15) is 24.2 Å². The highest BCUT2D eigenvalue weighted by molar-refractivity contribution is 5.94. The first-order valence-electron chi connectivity index (χ1n) is 5.22. The molecule has 0 aromatic heterocycles. The third-order valence-corrected chi connectivity index (χ3v) is 2.11. The number of hydrogen-bond acceptors (Lipinski definition) is 4. The zero-order chi connectivity index (χ0) is 13.9.